The smallest absolute Gasteiger partial charge is 0.414 e. The zero-order valence-corrected chi connectivity index (χ0v) is 21.3. The average molecular weight is 481 g/mol. The third-order valence-corrected chi connectivity index (χ3v) is 6.14. The minimum atomic E-state index is -0.501. The van der Waals surface area contributed by atoms with Gasteiger partial charge in [-0.05, 0) is 69.0 Å². The Morgan fingerprint density at radius 1 is 1.09 bits per heavy atom. The second-order valence-electron chi connectivity index (χ2n) is 9.19. The molecule has 3 amide bonds. The summed E-state index contributed by atoms with van der Waals surface area (Å²) >= 11 is 0. The van der Waals surface area contributed by atoms with Crippen molar-refractivity contribution in [1.29, 1.82) is 0 Å². The minimum Gasteiger partial charge on any atom is -0.446 e. The van der Waals surface area contributed by atoms with Crippen LogP contribution in [0.1, 0.15) is 50.9 Å². The van der Waals surface area contributed by atoms with Crippen molar-refractivity contribution in [2.45, 2.75) is 52.7 Å². The molecule has 0 saturated carbocycles. The highest BCUT2D eigenvalue weighted by atomic mass is 16.6. The molecule has 1 fully saturated rings. The lowest BCUT2D eigenvalue weighted by molar-refractivity contribution is -0.116. The predicted molar refractivity (Wildman–Crippen MR) is 139 cm³/mol. The second kappa shape index (κ2) is 11.4. The molecular weight excluding hydrogens is 444 g/mol. The first-order valence-electron chi connectivity index (χ1n) is 12.1. The van der Waals surface area contributed by atoms with E-state index in [1.807, 2.05) is 54.3 Å². The number of piperidine rings is 1. The van der Waals surface area contributed by atoms with Crippen LogP contribution in [0, 0.1) is 0 Å². The minimum absolute atomic E-state index is 0.0149. The molecular formula is C27H36N4O4. The van der Waals surface area contributed by atoms with E-state index < -0.39 is 6.09 Å². The van der Waals surface area contributed by atoms with Crippen molar-refractivity contribution < 1.29 is 19.1 Å². The van der Waals surface area contributed by atoms with Crippen LogP contribution in [0.3, 0.4) is 0 Å². The van der Waals surface area contributed by atoms with Gasteiger partial charge in [0.1, 0.15) is 0 Å². The monoisotopic (exact) mass is 480 g/mol. The van der Waals surface area contributed by atoms with Crippen LogP contribution in [0.2, 0.25) is 0 Å². The van der Waals surface area contributed by atoms with Gasteiger partial charge in [0.05, 0.1) is 17.5 Å². The quantitative estimate of drug-likeness (QED) is 0.666. The highest BCUT2D eigenvalue weighted by Gasteiger charge is 2.24. The maximum absolute atomic E-state index is 12.9. The zero-order valence-electron chi connectivity index (χ0n) is 21.3. The van der Waals surface area contributed by atoms with Crippen LogP contribution < -0.4 is 15.5 Å². The van der Waals surface area contributed by atoms with E-state index in [0.29, 0.717) is 30.0 Å². The number of hydrogen-bond donors (Lipinski definition) is 1. The summed E-state index contributed by atoms with van der Waals surface area (Å²) in [4.78, 5) is 42.7. The Bertz CT molecular complexity index is 1070. The lowest BCUT2D eigenvalue weighted by atomic mass is 10.0. The number of likely N-dealkylation sites (tertiary alicyclic amines) is 1. The van der Waals surface area contributed by atoms with Crippen molar-refractivity contribution in [1.82, 2.24) is 4.90 Å². The third-order valence-electron chi connectivity index (χ3n) is 6.14. The predicted octanol–water partition coefficient (Wildman–Crippen LogP) is 4.27. The van der Waals surface area contributed by atoms with Crippen molar-refractivity contribution >= 4 is 29.3 Å². The van der Waals surface area contributed by atoms with Crippen molar-refractivity contribution in [2.24, 2.45) is 5.73 Å². The van der Waals surface area contributed by atoms with E-state index in [0.717, 1.165) is 30.5 Å². The number of carbonyl (C=O) groups is 3. The number of hydrogen-bond acceptors (Lipinski definition) is 5. The van der Waals surface area contributed by atoms with Crippen LogP contribution in [0.15, 0.2) is 42.5 Å². The summed E-state index contributed by atoms with van der Waals surface area (Å²) in [7, 11) is 1.63. The number of rotatable bonds is 6. The lowest BCUT2D eigenvalue weighted by Gasteiger charge is -2.30. The summed E-state index contributed by atoms with van der Waals surface area (Å²) in [6.07, 6.45) is 1.09. The fraction of sp³-hybridized carbons (Fsp3) is 0.444. The first-order valence-corrected chi connectivity index (χ1v) is 12.1. The van der Waals surface area contributed by atoms with Gasteiger partial charge in [0.15, 0.2) is 0 Å². The standard InChI is InChI=1S/C27H36N4O4/c1-6-31(19(4)32)24-14-13-22(16-25(24)29(5)27(34)35-18(2)3)20-9-11-21(12-10-20)26(33)30-15-7-8-23(28)17-30/h9-14,16,18,23H,6-8,15,17,28H2,1-5H3. The van der Waals surface area contributed by atoms with E-state index in [2.05, 4.69) is 0 Å². The second-order valence-corrected chi connectivity index (χ2v) is 9.19. The summed E-state index contributed by atoms with van der Waals surface area (Å²) in [6.45, 7) is 8.73. The number of anilines is 2. The average Bonchev–Trinajstić information content (AvgIpc) is 2.83. The Hall–Kier alpha value is -3.39. The normalized spacial score (nSPS) is 15.6. The number of nitrogens with two attached hydrogens (primary N) is 1. The molecule has 3 rings (SSSR count). The Morgan fingerprint density at radius 3 is 2.31 bits per heavy atom. The van der Waals surface area contributed by atoms with Crippen molar-refractivity contribution in [3.05, 3.63) is 48.0 Å². The fourth-order valence-corrected chi connectivity index (χ4v) is 4.32. The molecule has 0 radical (unpaired) electrons. The van der Waals surface area contributed by atoms with Crippen LogP contribution in [0.4, 0.5) is 16.2 Å². The first kappa shape index (κ1) is 26.2. The van der Waals surface area contributed by atoms with Crippen LogP contribution in [0.5, 0.6) is 0 Å². The number of amides is 3. The highest BCUT2D eigenvalue weighted by Crippen LogP contribution is 2.34. The van der Waals surface area contributed by atoms with Gasteiger partial charge in [0.2, 0.25) is 5.91 Å². The number of nitrogens with zero attached hydrogens (tertiary/aromatic N) is 3. The van der Waals surface area contributed by atoms with Gasteiger partial charge in [-0.3, -0.25) is 14.5 Å². The van der Waals surface area contributed by atoms with E-state index in [1.54, 1.807) is 25.8 Å². The molecule has 188 valence electrons. The Kier molecular flexibility index (Phi) is 8.51. The van der Waals surface area contributed by atoms with Crippen LogP contribution in [-0.2, 0) is 9.53 Å². The summed E-state index contributed by atoms with van der Waals surface area (Å²) in [5.74, 6) is -0.133. The Balaban J connectivity index is 1.93. The molecule has 2 aromatic rings. The molecule has 8 nitrogen and oxygen atoms in total. The van der Waals surface area contributed by atoms with Gasteiger partial charge in [-0.1, -0.05) is 18.2 Å². The third kappa shape index (κ3) is 6.19. The van der Waals surface area contributed by atoms with E-state index in [1.165, 1.54) is 11.8 Å². The fourth-order valence-electron chi connectivity index (χ4n) is 4.32. The first-order chi connectivity index (χ1) is 16.6. The molecule has 1 aliphatic heterocycles. The molecule has 1 heterocycles. The molecule has 0 bridgehead atoms. The molecule has 35 heavy (non-hydrogen) atoms. The molecule has 2 N–H and O–H groups in total. The Labute approximate surface area is 207 Å². The molecule has 1 aliphatic rings. The summed E-state index contributed by atoms with van der Waals surface area (Å²) in [5, 5.41) is 0. The van der Waals surface area contributed by atoms with Crippen molar-refractivity contribution in [3.8, 4) is 11.1 Å². The number of carbonyl (C=O) groups excluding carboxylic acids is 3. The van der Waals surface area contributed by atoms with E-state index in [4.69, 9.17) is 10.5 Å². The molecule has 1 saturated heterocycles. The van der Waals surface area contributed by atoms with Gasteiger partial charge in [-0.2, -0.15) is 0 Å². The number of ether oxygens (including phenoxy) is 1. The van der Waals surface area contributed by atoms with Gasteiger partial charge in [0.25, 0.3) is 5.91 Å². The molecule has 0 aliphatic carbocycles. The van der Waals surface area contributed by atoms with Gasteiger partial charge in [0, 0.05) is 45.2 Å². The molecule has 1 unspecified atom stereocenters. The van der Waals surface area contributed by atoms with E-state index >= 15 is 0 Å². The SMILES string of the molecule is CCN(C(C)=O)c1ccc(-c2ccc(C(=O)N3CCCC(N)C3)cc2)cc1N(C)C(=O)OC(C)C. The number of benzene rings is 2. The molecule has 1 atom stereocenters. The summed E-state index contributed by atoms with van der Waals surface area (Å²) in [5.41, 5.74) is 9.58. The van der Waals surface area contributed by atoms with Crippen LogP contribution >= 0.6 is 0 Å². The van der Waals surface area contributed by atoms with E-state index in [-0.39, 0.29) is 24.0 Å². The van der Waals surface area contributed by atoms with Gasteiger partial charge in [-0.25, -0.2) is 4.79 Å². The zero-order chi connectivity index (χ0) is 25.7. The summed E-state index contributed by atoms with van der Waals surface area (Å²) in [6, 6.07) is 13.1. The molecule has 8 heteroatoms. The van der Waals surface area contributed by atoms with Crippen LogP contribution in [0.25, 0.3) is 11.1 Å². The topological polar surface area (TPSA) is 96.2 Å². The van der Waals surface area contributed by atoms with Crippen LogP contribution in [-0.4, -0.2) is 61.6 Å². The maximum Gasteiger partial charge on any atom is 0.414 e. The largest absolute Gasteiger partial charge is 0.446 e. The summed E-state index contributed by atoms with van der Waals surface area (Å²) < 4.78 is 5.38. The lowest BCUT2D eigenvalue weighted by Crippen LogP contribution is -2.45. The van der Waals surface area contributed by atoms with Gasteiger partial charge >= 0.3 is 6.09 Å². The maximum atomic E-state index is 12.9. The van der Waals surface area contributed by atoms with Crippen molar-refractivity contribution in [3.63, 3.8) is 0 Å². The van der Waals surface area contributed by atoms with Gasteiger partial charge < -0.3 is 20.3 Å². The molecule has 0 spiro atoms. The van der Waals surface area contributed by atoms with Crippen molar-refractivity contribution in [2.75, 3.05) is 36.5 Å². The highest BCUT2D eigenvalue weighted by molar-refractivity contribution is 6.00. The molecule has 2 aromatic carbocycles. The Morgan fingerprint density at radius 2 is 1.74 bits per heavy atom. The van der Waals surface area contributed by atoms with E-state index in [9.17, 15) is 14.4 Å². The van der Waals surface area contributed by atoms with Gasteiger partial charge in [-0.15, -0.1) is 0 Å². The molecule has 0 aromatic heterocycles.